The predicted octanol–water partition coefficient (Wildman–Crippen LogP) is 4.74. The van der Waals surface area contributed by atoms with E-state index in [0.717, 1.165) is 18.3 Å². The first-order valence-corrected chi connectivity index (χ1v) is 4.67. The van der Waals surface area contributed by atoms with Crippen LogP contribution >= 0.6 is 0 Å². The van der Waals surface area contributed by atoms with Gasteiger partial charge in [0.2, 0.25) is 0 Å². The second-order valence-electron chi connectivity index (χ2n) is 3.96. The van der Waals surface area contributed by atoms with Crippen molar-refractivity contribution in [2.24, 2.45) is 11.8 Å². The van der Waals surface area contributed by atoms with Crippen LogP contribution in [0.1, 0.15) is 63.2 Å². The molecule has 0 saturated carbocycles. The summed E-state index contributed by atoms with van der Waals surface area (Å²) in [6.07, 6.45) is 0.986. The van der Waals surface area contributed by atoms with Crippen LogP contribution in [0.15, 0.2) is 0 Å². The molecule has 0 unspecified atom stereocenters. The van der Waals surface area contributed by atoms with E-state index in [1.54, 1.807) is 0 Å². The van der Waals surface area contributed by atoms with E-state index in [4.69, 9.17) is 1.37 Å². The molecule has 11 heavy (non-hydrogen) atoms. The van der Waals surface area contributed by atoms with Crippen molar-refractivity contribution in [3.63, 3.8) is 0 Å². The highest BCUT2D eigenvalue weighted by Crippen LogP contribution is 1.81. The third-order valence-corrected chi connectivity index (χ3v) is 0. The molecule has 0 spiro atoms. The Hall–Kier alpha value is 0. The van der Waals surface area contributed by atoms with E-state index < -0.39 is 0 Å². The largest absolute Gasteiger partial charge is 0.0656 e. The van der Waals surface area contributed by atoms with Crippen LogP contribution in [0.25, 0.3) is 0 Å². The third kappa shape index (κ3) is 0. The monoisotopic (exact) mass is 162 g/mol. The summed E-state index contributed by atoms with van der Waals surface area (Å²) in [7, 11) is 0. The molecule has 0 heteroatoms. The maximum absolute atomic E-state index is 6.45. The highest BCUT2D eigenvalue weighted by Gasteiger charge is 1.68. The minimum absolute atomic E-state index is 0.569. The average molecular weight is 162 g/mol. The van der Waals surface area contributed by atoms with Crippen LogP contribution in [0.5, 0.6) is 0 Å². The number of hydrogen-bond acceptors (Lipinski definition) is 0. The van der Waals surface area contributed by atoms with Gasteiger partial charge in [0.1, 0.15) is 0 Å². The van der Waals surface area contributed by atoms with Crippen molar-refractivity contribution in [3.8, 4) is 0 Å². The number of rotatable bonds is 0. The summed E-state index contributed by atoms with van der Waals surface area (Å²) in [5.41, 5.74) is 0. The molecule has 72 valence electrons. The van der Waals surface area contributed by atoms with E-state index >= 15 is 0 Å². The van der Waals surface area contributed by atoms with E-state index in [0.29, 0.717) is 6.90 Å². The lowest BCUT2D eigenvalue weighted by Gasteiger charge is -1.79. The minimum atomic E-state index is 0.569. The van der Waals surface area contributed by atoms with E-state index in [-0.39, 0.29) is 0 Å². The third-order valence-electron chi connectivity index (χ3n) is 0. The molecule has 0 bridgehead atoms. The maximum Gasteiger partial charge on any atom is 0.0230 e. The van der Waals surface area contributed by atoms with E-state index in [9.17, 15) is 0 Å². The molecule has 0 aliphatic heterocycles. The Morgan fingerprint density at radius 1 is 0.909 bits per heavy atom. The molecular weight excluding hydrogens is 132 g/mol. The lowest BCUT2D eigenvalue weighted by Crippen LogP contribution is -1.66. The first-order chi connectivity index (χ1) is 5.38. The van der Waals surface area contributed by atoms with Crippen molar-refractivity contribution in [1.29, 1.82) is 0 Å². The molecule has 0 aromatic rings. The average Bonchev–Trinajstić information content (AvgIpc) is 1.85. The van der Waals surface area contributed by atoms with Crippen LogP contribution in [0, 0.1) is 11.8 Å². The molecule has 0 amide bonds. The fourth-order valence-electron chi connectivity index (χ4n) is 0. The maximum atomic E-state index is 6.45. The summed E-state index contributed by atoms with van der Waals surface area (Å²) in [5, 5.41) is 0. The lowest BCUT2D eigenvalue weighted by molar-refractivity contribution is 0.736. The predicted molar refractivity (Wildman–Crippen MR) is 57.0 cm³/mol. The molecule has 0 rings (SSSR count). The first-order valence-electron chi connectivity index (χ1n) is 5.38. The van der Waals surface area contributed by atoms with Gasteiger partial charge in [0.05, 0.1) is 0 Å². The Morgan fingerprint density at radius 3 is 1.00 bits per heavy atom. The van der Waals surface area contributed by atoms with E-state index in [2.05, 4.69) is 41.5 Å². The van der Waals surface area contributed by atoms with Crippen LogP contribution < -0.4 is 0 Å². The van der Waals surface area contributed by atoms with Crippen molar-refractivity contribution >= 4 is 0 Å². The highest BCUT2D eigenvalue weighted by molar-refractivity contribution is 4.21. The van der Waals surface area contributed by atoms with Crippen molar-refractivity contribution < 1.29 is 1.37 Å². The van der Waals surface area contributed by atoms with Crippen LogP contribution in [-0.4, -0.2) is 0 Å². The molecule has 0 nitrogen and oxygen atoms in total. The van der Waals surface area contributed by atoms with Gasteiger partial charge in [0, 0.05) is 1.37 Å². The van der Waals surface area contributed by atoms with Gasteiger partial charge < -0.3 is 0 Å². The van der Waals surface area contributed by atoms with Gasteiger partial charge in [0.25, 0.3) is 0 Å². The lowest BCUT2D eigenvalue weighted by atomic mass is 10.3. The van der Waals surface area contributed by atoms with Gasteiger partial charge in [-0.1, -0.05) is 61.8 Å². The Kier molecular flexibility index (Phi) is 20.4. The van der Waals surface area contributed by atoms with Crippen LogP contribution in [-0.2, 0) is 0 Å². The zero-order valence-corrected chi connectivity index (χ0v) is 9.57. The Balaban J connectivity index is -0.000000101. The van der Waals surface area contributed by atoms with Gasteiger partial charge in [-0.05, 0) is 11.8 Å². The van der Waals surface area contributed by atoms with Crippen LogP contribution in [0.2, 0.25) is 0 Å². The topological polar surface area (TPSA) is 0 Å². The summed E-state index contributed by atoms with van der Waals surface area (Å²) < 4.78 is 6.45. The molecule has 0 heterocycles. The summed E-state index contributed by atoms with van der Waals surface area (Å²) in [6, 6.07) is 0. The molecule has 0 radical (unpaired) electrons. The fraction of sp³-hybridized carbons (Fsp3) is 1.00. The van der Waals surface area contributed by atoms with E-state index in [1.165, 1.54) is 0 Å². The first kappa shape index (κ1) is 13.6. The van der Waals surface area contributed by atoms with Crippen LogP contribution in [0.3, 0.4) is 0 Å². The summed E-state index contributed by atoms with van der Waals surface area (Å²) >= 11 is 0. The molecule has 0 atom stereocenters. The van der Waals surface area contributed by atoms with Gasteiger partial charge in [-0.3, -0.25) is 0 Å². The van der Waals surface area contributed by atoms with Crippen molar-refractivity contribution in [1.82, 2.24) is 0 Å². The van der Waals surface area contributed by atoms with Crippen molar-refractivity contribution in [3.05, 3.63) is 0 Å². The Bertz CT molecular complexity index is 35.5. The fourth-order valence-corrected chi connectivity index (χ4v) is 0. The minimum Gasteiger partial charge on any atom is -0.0656 e. The molecular formula is C11H28. The smallest absolute Gasteiger partial charge is 0.0230 e. The van der Waals surface area contributed by atoms with Crippen molar-refractivity contribution in [2.45, 2.75) is 61.8 Å². The molecule has 0 saturated heterocycles. The normalized spacial score (nSPS) is 9.36. The second-order valence-corrected chi connectivity index (χ2v) is 3.96. The van der Waals surface area contributed by atoms with Gasteiger partial charge in [-0.2, -0.15) is 0 Å². The standard InChI is InChI=1S/2C4H10.C3H8/c2*1-4(2)3;1-3-2/h2*4H,1-3H3;3H2,1-2H3/i;;1T. The molecule has 0 fully saturated rings. The molecule has 0 aromatic carbocycles. The molecule has 0 N–H and O–H groups in total. The quantitative estimate of drug-likeness (QED) is 0.482. The Labute approximate surface area is 75.8 Å². The molecule has 0 aliphatic carbocycles. The van der Waals surface area contributed by atoms with Gasteiger partial charge >= 0.3 is 0 Å². The van der Waals surface area contributed by atoms with Crippen molar-refractivity contribution in [2.75, 3.05) is 0 Å². The SMILES string of the molecule is CC(C)C.CC(C)C.[3H]CCC. The van der Waals surface area contributed by atoms with Gasteiger partial charge in [-0.25, -0.2) is 0 Å². The number of hydrogen-bond donors (Lipinski definition) is 0. The van der Waals surface area contributed by atoms with E-state index in [1.807, 2.05) is 6.92 Å². The summed E-state index contributed by atoms with van der Waals surface area (Å²) in [6.45, 7) is 15.6. The van der Waals surface area contributed by atoms with Gasteiger partial charge in [-0.15, -0.1) is 0 Å². The zero-order valence-electron chi connectivity index (χ0n) is 10.6. The summed E-state index contributed by atoms with van der Waals surface area (Å²) in [4.78, 5) is 0. The second kappa shape index (κ2) is 16.5. The molecule has 0 aliphatic rings. The highest BCUT2D eigenvalue weighted by atomic mass is 13.7. The van der Waals surface area contributed by atoms with Crippen LogP contribution in [0.4, 0.5) is 0 Å². The summed E-state index contributed by atoms with van der Waals surface area (Å²) in [5.74, 6) is 1.67. The molecule has 0 aromatic heterocycles. The zero-order chi connectivity index (χ0) is 10.6. The Morgan fingerprint density at radius 2 is 1.00 bits per heavy atom. The van der Waals surface area contributed by atoms with Gasteiger partial charge in [0.15, 0.2) is 0 Å².